The number of fused-ring (bicyclic) bond motifs is 1. The standard InChI is InChI=1S/C15H22N2O5S/c1-3-4-7-16-15(18)11-17(23(2,19)20)12-5-6-13-14(10-12)22-9-8-21-13/h5-6,10H,3-4,7-9,11H2,1-2H3,(H,16,18). The van der Waals surface area contributed by atoms with Crippen LogP contribution in [0.3, 0.4) is 0 Å². The lowest BCUT2D eigenvalue weighted by atomic mass is 10.2. The number of anilines is 1. The number of nitrogens with one attached hydrogen (secondary N) is 1. The number of benzene rings is 1. The van der Waals surface area contributed by atoms with Gasteiger partial charge in [0.15, 0.2) is 11.5 Å². The van der Waals surface area contributed by atoms with Crippen LogP contribution in [0.25, 0.3) is 0 Å². The summed E-state index contributed by atoms with van der Waals surface area (Å²) in [5.74, 6) is 0.716. The van der Waals surface area contributed by atoms with Crippen LogP contribution in [0.4, 0.5) is 5.69 Å². The van der Waals surface area contributed by atoms with Gasteiger partial charge in [0.1, 0.15) is 19.8 Å². The van der Waals surface area contributed by atoms with Crippen molar-refractivity contribution in [2.45, 2.75) is 19.8 Å². The van der Waals surface area contributed by atoms with Crippen LogP contribution in [-0.4, -0.2) is 46.9 Å². The fourth-order valence-corrected chi connectivity index (χ4v) is 3.03. The number of carbonyl (C=O) groups is 1. The second-order valence-electron chi connectivity index (χ2n) is 5.30. The van der Waals surface area contributed by atoms with Crippen LogP contribution >= 0.6 is 0 Å². The summed E-state index contributed by atoms with van der Waals surface area (Å²) in [7, 11) is -3.59. The molecule has 0 aromatic heterocycles. The van der Waals surface area contributed by atoms with E-state index in [1.807, 2.05) is 6.92 Å². The molecule has 0 aliphatic carbocycles. The van der Waals surface area contributed by atoms with E-state index in [4.69, 9.17) is 9.47 Å². The number of amides is 1. The molecule has 7 nitrogen and oxygen atoms in total. The fourth-order valence-electron chi connectivity index (χ4n) is 2.18. The summed E-state index contributed by atoms with van der Waals surface area (Å²) < 4.78 is 36.0. The minimum atomic E-state index is -3.59. The Kier molecular flexibility index (Phi) is 5.70. The average molecular weight is 342 g/mol. The third-order valence-corrected chi connectivity index (χ3v) is 4.49. The van der Waals surface area contributed by atoms with Crippen LogP contribution < -0.4 is 19.1 Å². The second kappa shape index (κ2) is 7.54. The summed E-state index contributed by atoms with van der Waals surface area (Å²) >= 11 is 0. The molecule has 1 aromatic carbocycles. The Bertz CT molecular complexity index is 660. The number of hydrogen-bond donors (Lipinski definition) is 1. The van der Waals surface area contributed by atoms with Crippen LogP contribution in [0.1, 0.15) is 19.8 Å². The normalized spacial score (nSPS) is 13.5. The molecule has 8 heteroatoms. The maximum atomic E-state index is 12.0. The van der Waals surface area contributed by atoms with Gasteiger partial charge in [-0.3, -0.25) is 9.10 Å². The zero-order valence-electron chi connectivity index (χ0n) is 13.4. The Balaban J connectivity index is 2.17. The van der Waals surface area contributed by atoms with E-state index in [9.17, 15) is 13.2 Å². The molecule has 1 aliphatic rings. The van der Waals surface area contributed by atoms with Crippen molar-refractivity contribution in [3.05, 3.63) is 18.2 Å². The van der Waals surface area contributed by atoms with Gasteiger partial charge in [-0.05, 0) is 18.6 Å². The van der Waals surface area contributed by atoms with Crippen molar-refractivity contribution < 1.29 is 22.7 Å². The first kappa shape index (κ1) is 17.4. The predicted molar refractivity (Wildman–Crippen MR) is 87.5 cm³/mol. The van der Waals surface area contributed by atoms with Crippen molar-refractivity contribution in [3.8, 4) is 11.5 Å². The molecule has 0 unspecified atom stereocenters. The molecular formula is C15H22N2O5S. The molecule has 0 saturated heterocycles. The van der Waals surface area contributed by atoms with Gasteiger partial charge in [-0.15, -0.1) is 0 Å². The smallest absolute Gasteiger partial charge is 0.240 e. The first-order valence-electron chi connectivity index (χ1n) is 7.56. The number of ether oxygens (including phenoxy) is 2. The number of unbranched alkanes of at least 4 members (excludes halogenated alkanes) is 1. The Morgan fingerprint density at radius 1 is 1.26 bits per heavy atom. The third kappa shape index (κ3) is 4.75. The predicted octanol–water partition coefficient (Wildman–Crippen LogP) is 1.14. The number of hydrogen-bond acceptors (Lipinski definition) is 5. The van der Waals surface area contributed by atoms with E-state index in [2.05, 4.69) is 5.32 Å². The third-order valence-electron chi connectivity index (χ3n) is 3.35. The molecule has 0 radical (unpaired) electrons. The number of sulfonamides is 1. The highest BCUT2D eigenvalue weighted by Gasteiger charge is 2.23. The lowest BCUT2D eigenvalue weighted by Crippen LogP contribution is -2.40. The van der Waals surface area contributed by atoms with Crippen LogP contribution in [0.15, 0.2) is 18.2 Å². The van der Waals surface area contributed by atoms with Crippen molar-refractivity contribution in [1.82, 2.24) is 5.32 Å². The van der Waals surface area contributed by atoms with Crippen molar-refractivity contribution in [2.75, 3.05) is 36.9 Å². The van der Waals surface area contributed by atoms with Crippen molar-refractivity contribution in [3.63, 3.8) is 0 Å². The molecule has 0 bridgehead atoms. The molecule has 128 valence electrons. The molecule has 0 atom stereocenters. The van der Waals surface area contributed by atoms with Gasteiger partial charge in [-0.1, -0.05) is 13.3 Å². The van der Waals surface area contributed by atoms with Crippen LogP contribution in [0, 0.1) is 0 Å². The van der Waals surface area contributed by atoms with E-state index in [1.165, 1.54) is 0 Å². The van der Waals surface area contributed by atoms with Gasteiger partial charge >= 0.3 is 0 Å². The molecule has 1 heterocycles. The molecule has 0 saturated carbocycles. The molecule has 1 N–H and O–H groups in total. The van der Waals surface area contributed by atoms with E-state index in [-0.39, 0.29) is 12.5 Å². The highest BCUT2D eigenvalue weighted by Crippen LogP contribution is 2.34. The minimum absolute atomic E-state index is 0.262. The van der Waals surface area contributed by atoms with Gasteiger partial charge in [-0.2, -0.15) is 0 Å². The zero-order chi connectivity index (χ0) is 16.9. The van der Waals surface area contributed by atoms with Gasteiger partial charge in [0, 0.05) is 12.6 Å². The largest absolute Gasteiger partial charge is 0.486 e. The van der Waals surface area contributed by atoms with E-state index in [0.29, 0.717) is 36.9 Å². The summed E-state index contributed by atoms with van der Waals surface area (Å²) in [6, 6.07) is 4.83. The quantitative estimate of drug-likeness (QED) is 0.751. The molecule has 1 aliphatic heterocycles. The van der Waals surface area contributed by atoms with Crippen LogP contribution in [0.2, 0.25) is 0 Å². The first-order chi connectivity index (χ1) is 10.9. The Labute approximate surface area is 136 Å². The summed E-state index contributed by atoms with van der Waals surface area (Å²) in [4.78, 5) is 12.0. The van der Waals surface area contributed by atoms with E-state index in [0.717, 1.165) is 23.4 Å². The van der Waals surface area contributed by atoms with Gasteiger partial charge < -0.3 is 14.8 Å². The number of carbonyl (C=O) groups excluding carboxylic acids is 1. The molecule has 0 fully saturated rings. The highest BCUT2D eigenvalue weighted by molar-refractivity contribution is 7.92. The maximum absolute atomic E-state index is 12.0. The first-order valence-corrected chi connectivity index (χ1v) is 9.40. The van der Waals surface area contributed by atoms with Crippen LogP contribution in [0.5, 0.6) is 11.5 Å². The zero-order valence-corrected chi connectivity index (χ0v) is 14.2. The van der Waals surface area contributed by atoms with E-state index >= 15 is 0 Å². The Hall–Kier alpha value is -1.96. The molecular weight excluding hydrogens is 320 g/mol. The lowest BCUT2D eigenvalue weighted by Gasteiger charge is -2.24. The van der Waals surface area contributed by atoms with E-state index < -0.39 is 10.0 Å². The van der Waals surface area contributed by atoms with Crippen molar-refractivity contribution >= 4 is 21.6 Å². The summed E-state index contributed by atoms with van der Waals surface area (Å²) in [6.45, 7) is 3.16. The molecule has 0 spiro atoms. The topological polar surface area (TPSA) is 84.9 Å². The Morgan fingerprint density at radius 2 is 1.96 bits per heavy atom. The lowest BCUT2D eigenvalue weighted by molar-refractivity contribution is -0.119. The van der Waals surface area contributed by atoms with Gasteiger partial charge in [0.2, 0.25) is 15.9 Å². The van der Waals surface area contributed by atoms with E-state index in [1.54, 1.807) is 18.2 Å². The number of rotatable bonds is 7. The maximum Gasteiger partial charge on any atom is 0.240 e. The molecule has 23 heavy (non-hydrogen) atoms. The molecule has 1 amide bonds. The van der Waals surface area contributed by atoms with Gasteiger partial charge in [-0.25, -0.2) is 8.42 Å². The monoisotopic (exact) mass is 342 g/mol. The van der Waals surface area contributed by atoms with Crippen LogP contribution in [-0.2, 0) is 14.8 Å². The van der Waals surface area contributed by atoms with Gasteiger partial charge in [0.05, 0.1) is 11.9 Å². The highest BCUT2D eigenvalue weighted by atomic mass is 32.2. The van der Waals surface area contributed by atoms with Crippen molar-refractivity contribution in [2.24, 2.45) is 0 Å². The second-order valence-corrected chi connectivity index (χ2v) is 7.21. The van der Waals surface area contributed by atoms with Gasteiger partial charge in [0.25, 0.3) is 0 Å². The fraction of sp³-hybridized carbons (Fsp3) is 0.533. The number of nitrogens with zero attached hydrogens (tertiary/aromatic N) is 1. The van der Waals surface area contributed by atoms with Crippen molar-refractivity contribution in [1.29, 1.82) is 0 Å². The molecule has 1 aromatic rings. The summed E-state index contributed by atoms with van der Waals surface area (Å²) in [6.07, 6.45) is 2.88. The average Bonchev–Trinajstić information content (AvgIpc) is 2.51. The Morgan fingerprint density at radius 3 is 2.61 bits per heavy atom. The summed E-state index contributed by atoms with van der Waals surface area (Å²) in [5.41, 5.74) is 0.377. The molecule has 2 rings (SSSR count). The SMILES string of the molecule is CCCCNC(=O)CN(c1ccc2c(c1)OCCO2)S(C)(=O)=O. The summed E-state index contributed by atoms with van der Waals surface area (Å²) in [5, 5.41) is 2.72. The minimum Gasteiger partial charge on any atom is -0.486 e.